The number of hydrogen-bond acceptors (Lipinski definition) is 5. The van der Waals surface area contributed by atoms with Gasteiger partial charge in [-0.3, -0.25) is 0 Å². The first-order chi connectivity index (χ1) is 14.5. The average molecular weight is 436 g/mol. The van der Waals surface area contributed by atoms with Crippen LogP contribution in [0.2, 0.25) is 0 Å². The molecule has 0 aliphatic rings. The molecule has 0 bridgehead atoms. The molecule has 2 heterocycles. The zero-order chi connectivity index (χ0) is 21.1. The molecule has 0 saturated carbocycles. The molecule has 2 aromatic carbocycles. The number of carbonyl (C=O) groups excluding carboxylic acids is 1. The van der Waals surface area contributed by atoms with Crippen LogP contribution in [0.5, 0.6) is 5.75 Å². The maximum atomic E-state index is 12.6. The third kappa shape index (κ3) is 4.37. The molecule has 5 nitrogen and oxygen atoms in total. The highest BCUT2D eigenvalue weighted by atomic mass is 32.1. The number of aryl methyl sites for hydroxylation is 2. The van der Waals surface area contributed by atoms with Gasteiger partial charge in [0.25, 0.3) is 0 Å². The highest BCUT2D eigenvalue weighted by Gasteiger charge is 2.23. The number of benzene rings is 2. The molecular formula is C23H21N3O2S2. The number of urea groups is 1. The van der Waals surface area contributed by atoms with Crippen molar-refractivity contribution in [3.8, 4) is 5.75 Å². The Morgan fingerprint density at radius 3 is 2.50 bits per heavy atom. The number of hydrazone groups is 1. The van der Waals surface area contributed by atoms with Gasteiger partial charge in [0, 0.05) is 25.1 Å². The highest BCUT2D eigenvalue weighted by molar-refractivity contribution is 7.13. The smallest absolute Gasteiger partial charge is 0.335 e. The van der Waals surface area contributed by atoms with Gasteiger partial charge in [-0.2, -0.15) is 5.10 Å². The molecule has 0 spiro atoms. The first-order valence-corrected chi connectivity index (χ1v) is 11.1. The lowest BCUT2D eigenvalue weighted by Gasteiger charge is -2.21. The summed E-state index contributed by atoms with van der Waals surface area (Å²) in [6, 6.07) is 18.4. The topological polar surface area (TPSA) is 73.7 Å². The largest absolute Gasteiger partial charge is 0.508 e. The van der Waals surface area contributed by atoms with Gasteiger partial charge in [0.05, 0.1) is 12.3 Å². The Hall–Kier alpha value is -3.16. The minimum atomic E-state index is -0.506. The third-order valence-electron chi connectivity index (χ3n) is 4.68. The van der Waals surface area contributed by atoms with Gasteiger partial charge < -0.3 is 10.4 Å². The number of rotatable bonds is 5. The number of nitrogens with one attached hydrogen (secondary N) is 2. The summed E-state index contributed by atoms with van der Waals surface area (Å²) in [6.07, 6.45) is 1.62. The minimum absolute atomic E-state index is 0.141. The van der Waals surface area contributed by atoms with Crippen molar-refractivity contribution >= 4 is 45.7 Å². The zero-order valence-electron chi connectivity index (χ0n) is 16.5. The maximum absolute atomic E-state index is 12.6. The predicted octanol–water partition coefficient (Wildman–Crippen LogP) is 5.71. The number of phenolic OH excluding ortho intramolecular Hbond substituents is 1. The molecule has 152 valence electrons. The minimum Gasteiger partial charge on any atom is -0.508 e. The lowest BCUT2D eigenvalue weighted by Crippen LogP contribution is -2.35. The van der Waals surface area contributed by atoms with Crippen LogP contribution in [0.3, 0.4) is 0 Å². The SMILES string of the molecule is Cc1ccc(/C=N/NC(=O)NC(c2ccc(C)s2)c2c(O)ccc3ccccc23)s1. The maximum Gasteiger partial charge on any atom is 0.335 e. The molecule has 3 N–H and O–H groups in total. The van der Waals surface area contributed by atoms with Gasteiger partial charge in [0.2, 0.25) is 0 Å². The molecule has 4 rings (SSSR count). The van der Waals surface area contributed by atoms with E-state index in [0.717, 1.165) is 25.4 Å². The van der Waals surface area contributed by atoms with Crippen LogP contribution in [0.1, 0.15) is 31.1 Å². The summed E-state index contributed by atoms with van der Waals surface area (Å²) in [4.78, 5) is 16.8. The van der Waals surface area contributed by atoms with Crippen molar-refractivity contribution in [3.63, 3.8) is 0 Å². The summed E-state index contributed by atoms with van der Waals surface area (Å²) >= 11 is 3.18. The number of phenols is 1. The van der Waals surface area contributed by atoms with E-state index in [-0.39, 0.29) is 5.75 Å². The molecule has 4 aromatic rings. The normalized spacial score (nSPS) is 12.3. The lowest BCUT2D eigenvalue weighted by atomic mass is 9.96. The molecule has 7 heteroatoms. The van der Waals surface area contributed by atoms with Crippen molar-refractivity contribution in [1.82, 2.24) is 10.7 Å². The fourth-order valence-corrected chi connectivity index (χ4v) is 5.01. The van der Waals surface area contributed by atoms with Crippen molar-refractivity contribution < 1.29 is 9.90 Å². The molecule has 0 aliphatic carbocycles. The standard InChI is InChI=1S/C23H21N3O2S2/c1-14-7-10-17(29-14)13-24-26-23(28)25-22(20-12-8-15(2)30-20)21-18-6-4-3-5-16(18)9-11-19(21)27/h3-13,22,27H,1-2H3,(H2,25,26,28)/b24-13+. The Morgan fingerprint density at radius 1 is 1.00 bits per heavy atom. The van der Waals surface area contributed by atoms with Crippen LogP contribution in [-0.4, -0.2) is 17.4 Å². The second-order valence-corrected chi connectivity index (χ2v) is 9.53. The molecule has 0 saturated heterocycles. The molecule has 2 amide bonds. The third-order valence-corrected chi connectivity index (χ3v) is 6.68. The van der Waals surface area contributed by atoms with E-state index in [9.17, 15) is 9.90 Å². The van der Waals surface area contributed by atoms with Gasteiger partial charge in [-0.15, -0.1) is 22.7 Å². The number of carbonyl (C=O) groups is 1. The second-order valence-electron chi connectivity index (χ2n) is 6.89. The van der Waals surface area contributed by atoms with Crippen LogP contribution >= 0.6 is 22.7 Å². The van der Waals surface area contributed by atoms with Gasteiger partial charge in [0.15, 0.2) is 0 Å². The molecule has 0 aliphatic heterocycles. The molecular weight excluding hydrogens is 414 g/mol. The quantitative estimate of drug-likeness (QED) is 0.278. The lowest BCUT2D eigenvalue weighted by molar-refractivity contribution is 0.239. The van der Waals surface area contributed by atoms with Gasteiger partial charge >= 0.3 is 6.03 Å². The number of hydrogen-bond donors (Lipinski definition) is 3. The molecule has 1 atom stereocenters. The molecule has 1 unspecified atom stereocenters. The number of thiophene rings is 2. The van der Waals surface area contributed by atoms with E-state index in [1.807, 2.05) is 68.4 Å². The van der Waals surface area contributed by atoms with Crippen LogP contribution < -0.4 is 10.7 Å². The second kappa shape index (κ2) is 8.69. The summed E-state index contributed by atoms with van der Waals surface area (Å²) < 4.78 is 0. The number of amides is 2. The van der Waals surface area contributed by atoms with Gasteiger partial charge in [0.1, 0.15) is 5.75 Å². The number of fused-ring (bicyclic) bond motifs is 1. The van der Waals surface area contributed by atoms with Crippen molar-refractivity contribution in [2.75, 3.05) is 0 Å². The molecule has 30 heavy (non-hydrogen) atoms. The fraction of sp³-hybridized carbons (Fsp3) is 0.130. The van der Waals surface area contributed by atoms with Crippen LogP contribution in [0.25, 0.3) is 10.8 Å². The van der Waals surface area contributed by atoms with Crippen LogP contribution in [-0.2, 0) is 0 Å². The monoisotopic (exact) mass is 435 g/mol. The first-order valence-electron chi connectivity index (χ1n) is 9.44. The summed E-state index contributed by atoms with van der Waals surface area (Å²) in [6.45, 7) is 4.04. The Kier molecular flexibility index (Phi) is 5.83. The van der Waals surface area contributed by atoms with Crippen molar-refractivity contribution in [1.29, 1.82) is 0 Å². The highest BCUT2D eigenvalue weighted by Crippen LogP contribution is 2.38. The van der Waals surface area contributed by atoms with Crippen molar-refractivity contribution in [3.05, 3.63) is 85.7 Å². The molecule has 0 radical (unpaired) electrons. The van der Waals surface area contributed by atoms with Gasteiger partial charge in [-0.05, 0) is 55.0 Å². The van der Waals surface area contributed by atoms with E-state index in [1.165, 1.54) is 4.88 Å². The summed E-state index contributed by atoms with van der Waals surface area (Å²) in [5, 5.41) is 19.6. The van der Waals surface area contributed by atoms with Crippen LogP contribution in [0.4, 0.5) is 4.79 Å². The van der Waals surface area contributed by atoms with Crippen molar-refractivity contribution in [2.45, 2.75) is 19.9 Å². The summed E-state index contributed by atoms with van der Waals surface area (Å²) in [5.41, 5.74) is 3.20. The average Bonchev–Trinajstić information content (AvgIpc) is 3.34. The number of nitrogens with zero attached hydrogens (tertiary/aromatic N) is 1. The Morgan fingerprint density at radius 2 is 1.77 bits per heavy atom. The van der Waals surface area contributed by atoms with Crippen LogP contribution in [0, 0.1) is 13.8 Å². The van der Waals surface area contributed by atoms with Gasteiger partial charge in [-0.25, -0.2) is 10.2 Å². The molecule has 2 aromatic heterocycles. The predicted molar refractivity (Wildman–Crippen MR) is 125 cm³/mol. The van der Waals surface area contributed by atoms with E-state index < -0.39 is 12.1 Å². The van der Waals surface area contributed by atoms with E-state index in [4.69, 9.17) is 0 Å². The Bertz CT molecular complexity index is 1230. The number of aromatic hydroxyl groups is 1. The van der Waals surface area contributed by atoms with Gasteiger partial charge in [-0.1, -0.05) is 30.3 Å². The first kappa shape index (κ1) is 20.1. The van der Waals surface area contributed by atoms with Crippen LogP contribution in [0.15, 0.2) is 65.8 Å². The zero-order valence-corrected chi connectivity index (χ0v) is 18.2. The Labute approximate surface area is 182 Å². The Balaban J connectivity index is 1.64. The van der Waals surface area contributed by atoms with E-state index in [2.05, 4.69) is 15.8 Å². The molecule has 0 fully saturated rings. The van der Waals surface area contributed by atoms with E-state index >= 15 is 0 Å². The van der Waals surface area contributed by atoms with E-state index in [0.29, 0.717) is 5.56 Å². The summed E-state index contributed by atoms with van der Waals surface area (Å²) in [5.74, 6) is 0.141. The summed E-state index contributed by atoms with van der Waals surface area (Å²) in [7, 11) is 0. The fourth-order valence-electron chi connectivity index (χ4n) is 3.32. The van der Waals surface area contributed by atoms with E-state index in [1.54, 1.807) is 35.0 Å². The van der Waals surface area contributed by atoms with Crippen molar-refractivity contribution in [2.24, 2.45) is 5.10 Å².